The zero-order valence-corrected chi connectivity index (χ0v) is 14.0. The van der Waals surface area contributed by atoms with Crippen LogP contribution in [0, 0.1) is 20.8 Å². The lowest BCUT2D eigenvalue weighted by Crippen LogP contribution is -2.42. The number of amides is 1. The lowest BCUT2D eigenvalue weighted by Gasteiger charge is -2.32. The number of carbonyl (C=O) groups is 1. The number of hydrogen-bond acceptors (Lipinski definition) is 3. The summed E-state index contributed by atoms with van der Waals surface area (Å²) in [4.78, 5) is 14.5. The summed E-state index contributed by atoms with van der Waals surface area (Å²) in [7, 11) is -3.00. The predicted molar refractivity (Wildman–Crippen MR) is 84.4 cm³/mol. The monoisotopic (exact) mass is 309 g/mol. The molecule has 4 nitrogen and oxygen atoms in total. The molecule has 1 aliphatic heterocycles. The van der Waals surface area contributed by atoms with E-state index in [4.69, 9.17) is 0 Å². The molecule has 0 N–H and O–H groups in total. The van der Waals surface area contributed by atoms with Gasteiger partial charge in [0.2, 0.25) is 0 Å². The Balaban J connectivity index is 2.17. The lowest BCUT2D eigenvalue weighted by atomic mass is 9.98. The second-order valence-electron chi connectivity index (χ2n) is 6.09. The number of piperidine rings is 1. The van der Waals surface area contributed by atoms with Crippen molar-refractivity contribution in [2.75, 3.05) is 19.3 Å². The maximum Gasteiger partial charge on any atom is 0.254 e. The maximum atomic E-state index is 12.7. The molecule has 1 aliphatic rings. The van der Waals surface area contributed by atoms with Gasteiger partial charge in [-0.15, -0.1) is 0 Å². The van der Waals surface area contributed by atoms with E-state index >= 15 is 0 Å². The molecule has 116 valence electrons. The number of benzene rings is 1. The molecule has 0 spiro atoms. The highest BCUT2D eigenvalue weighted by atomic mass is 32.2. The van der Waals surface area contributed by atoms with Crippen LogP contribution in [0.5, 0.6) is 0 Å². The molecule has 1 aromatic carbocycles. The molecule has 1 aromatic rings. The summed E-state index contributed by atoms with van der Waals surface area (Å²) < 4.78 is 23.2. The Morgan fingerprint density at radius 1 is 1.10 bits per heavy atom. The van der Waals surface area contributed by atoms with E-state index < -0.39 is 9.84 Å². The molecule has 0 aromatic heterocycles. The standard InChI is InChI=1S/C16H23NO3S/c1-11-9-12(2)15(13(3)10-11)16(18)17-7-5-14(6-8-17)21(4,19)20/h9-10,14H,5-8H2,1-4H3. The average molecular weight is 309 g/mol. The molecule has 2 rings (SSSR count). The van der Waals surface area contributed by atoms with Crippen molar-refractivity contribution in [1.29, 1.82) is 0 Å². The fourth-order valence-electron chi connectivity index (χ4n) is 3.16. The van der Waals surface area contributed by atoms with E-state index in [1.807, 2.05) is 32.9 Å². The van der Waals surface area contributed by atoms with Gasteiger partial charge in [0.1, 0.15) is 9.84 Å². The first-order valence-corrected chi connectivity index (χ1v) is 9.21. The van der Waals surface area contributed by atoms with Crippen LogP contribution in [0.3, 0.4) is 0 Å². The number of likely N-dealkylation sites (tertiary alicyclic amines) is 1. The van der Waals surface area contributed by atoms with E-state index in [1.165, 1.54) is 6.26 Å². The van der Waals surface area contributed by atoms with Crippen molar-refractivity contribution >= 4 is 15.7 Å². The Labute approximate surface area is 127 Å². The third-order valence-corrected chi connectivity index (χ3v) is 5.91. The Kier molecular flexibility index (Phi) is 4.42. The van der Waals surface area contributed by atoms with E-state index in [0.29, 0.717) is 25.9 Å². The van der Waals surface area contributed by atoms with E-state index in [-0.39, 0.29) is 11.2 Å². The zero-order chi connectivity index (χ0) is 15.8. The van der Waals surface area contributed by atoms with Crippen LogP contribution in [0.4, 0.5) is 0 Å². The topological polar surface area (TPSA) is 54.5 Å². The van der Waals surface area contributed by atoms with Gasteiger partial charge in [0.25, 0.3) is 5.91 Å². The molecule has 0 atom stereocenters. The van der Waals surface area contributed by atoms with E-state index in [9.17, 15) is 13.2 Å². The molecule has 0 unspecified atom stereocenters. The fraction of sp³-hybridized carbons (Fsp3) is 0.562. The van der Waals surface area contributed by atoms with Crippen LogP contribution in [0.1, 0.15) is 39.9 Å². The third kappa shape index (κ3) is 3.46. The first-order chi connectivity index (χ1) is 9.70. The number of sulfone groups is 1. The normalized spacial score (nSPS) is 17.0. The molecule has 0 bridgehead atoms. The Bertz CT molecular complexity index is 633. The summed E-state index contributed by atoms with van der Waals surface area (Å²) in [6.07, 6.45) is 2.35. The second-order valence-corrected chi connectivity index (χ2v) is 8.42. The van der Waals surface area contributed by atoms with Gasteiger partial charge in [-0.25, -0.2) is 8.42 Å². The van der Waals surface area contributed by atoms with E-state index in [2.05, 4.69) is 0 Å². The average Bonchev–Trinajstić information content (AvgIpc) is 2.36. The Morgan fingerprint density at radius 2 is 1.57 bits per heavy atom. The van der Waals surface area contributed by atoms with Crippen LogP contribution in [0.25, 0.3) is 0 Å². The van der Waals surface area contributed by atoms with Gasteiger partial charge in [-0.05, 0) is 44.7 Å². The summed E-state index contributed by atoms with van der Waals surface area (Å²) in [5.41, 5.74) is 3.89. The Morgan fingerprint density at radius 3 is 2.00 bits per heavy atom. The molecule has 0 radical (unpaired) electrons. The summed E-state index contributed by atoms with van der Waals surface area (Å²) in [5, 5.41) is -0.304. The lowest BCUT2D eigenvalue weighted by molar-refractivity contribution is 0.0724. The quantitative estimate of drug-likeness (QED) is 0.842. The SMILES string of the molecule is Cc1cc(C)c(C(=O)N2CCC(S(C)(=O)=O)CC2)c(C)c1. The molecule has 1 saturated heterocycles. The van der Waals surface area contributed by atoms with Crippen LogP contribution in [-0.2, 0) is 9.84 Å². The molecule has 1 fully saturated rings. The van der Waals surface area contributed by atoms with E-state index in [1.54, 1.807) is 4.90 Å². The summed E-state index contributed by atoms with van der Waals surface area (Å²) in [6, 6.07) is 4.03. The van der Waals surface area contributed by atoms with Crippen molar-refractivity contribution in [3.8, 4) is 0 Å². The van der Waals surface area contributed by atoms with Gasteiger partial charge in [-0.1, -0.05) is 17.7 Å². The second kappa shape index (κ2) is 5.79. The summed E-state index contributed by atoms with van der Waals surface area (Å²) >= 11 is 0. The number of carbonyl (C=O) groups excluding carboxylic acids is 1. The van der Waals surface area contributed by atoms with Gasteiger partial charge in [0.15, 0.2) is 0 Å². The third-order valence-electron chi connectivity index (χ3n) is 4.23. The van der Waals surface area contributed by atoms with Crippen LogP contribution < -0.4 is 0 Å². The smallest absolute Gasteiger partial charge is 0.254 e. The van der Waals surface area contributed by atoms with Crippen molar-refractivity contribution in [3.63, 3.8) is 0 Å². The number of aryl methyl sites for hydroxylation is 3. The fourth-order valence-corrected chi connectivity index (χ4v) is 4.23. The number of nitrogens with zero attached hydrogens (tertiary/aromatic N) is 1. The van der Waals surface area contributed by atoms with Gasteiger partial charge in [-0.2, -0.15) is 0 Å². The summed E-state index contributed by atoms with van der Waals surface area (Å²) in [5.74, 6) is 0.0250. The zero-order valence-electron chi connectivity index (χ0n) is 13.1. The maximum absolute atomic E-state index is 12.7. The van der Waals surface area contributed by atoms with Gasteiger partial charge >= 0.3 is 0 Å². The molecule has 0 aliphatic carbocycles. The van der Waals surface area contributed by atoms with Gasteiger partial charge in [0, 0.05) is 24.9 Å². The highest BCUT2D eigenvalue weighted by Crippen LogP contribution is 2.22. The summed E-state index contributed by atoms with van der Waals surface area (Å²) in [6.45, 7) is 6.96. The molecular weight excluding hydrogens is 286 g/mol. The molecule has 0 saturated carbocycles. The van der Waals surface area contributed by atoms with Crippen LogP contribution in [0.15, 0.2) is 12.1 Å². The van der Waals surface area contributed by atoms with Gasteiger partial charge < -0.3 is 4.90 Å². The number of hydrogen-bond donors (Lipinski definition) is 0. The molecule has 1 heterocycles. The minimum Gasteiger partial charge on any atom is -0.339 e. The van der Waals surface area contributed by atoms with Crippen LogP contribution >= 0.6 is 0 Å². The van der Waals surface area contributed by atoms with Crippen molar-refractivity contribution in [1.82, 2.24) is 4.90 Å². The van der Waals surface area contributed by atoms with Crippen molar-refractivity contribution in [3.05, 3.63) is 34.4 Å². The first kappa shape index (κ1) is 16.0. The van der Waals surface area contributed by atoms with Gasteiger partial charge in [-0.3, -0.25) is 4.79 Å². The van der Waals surface area contributed by atoms with Gasteiger partial charge in [0.05, 0.1) is 5.25 Å². The Hall–Kier alpha value is -1.36. The molecule has 21 heavy (non-hydrogen) atoms. The first-order valence-electron chi connectivity index (χ1n) is 7.26. The molecule has 1 amide bonds. The molecule has 5 heteroatoms. The largest absolute Gasteiger partial charge is 0.339 e. The van der Waals surface area contributed by atoms with Crippen LogP contribution in [0.2, 0.25) is 0 Å². The van der Waals surface area contributed by atoms with E-state index in [0.717, 1.165) is 22.3 Å². The minimum absolute atomic E-state index is 0.0250. The van der Waals surface area contributed by atoms with Crippen molar-refractivity contribution in [2.45, 2.75) is 38.9 Å². The highest BCUT2D eigenvalue weighted by Gasteiger charge is 2.30. The molecular formula is C16H23NO3S. The van der Waals surface area contributed by atoms with Crippen molar-refractivity contribution < 1.29 is 13.2 Å². The highest BCUT2D eigenvalue weighted by molar-refractivity contribution is 7.91. The number of rotatable bonds is 2. The predicted octanol–water partition coefficient (Wildman–Crippen LogP) is 2.26. The van der Waals surface area contributed by atoms with Crippen molar-refractivity contribution in [2.24, 2.45) is 0 Å². The minimum atomic E-state index is -3.00. The van der Waals surface area contributed by atoms with Crippen LogP contribution in [-0.4, -0.2) is 43.8 Å².